The number of nitrogens with zero attached hydrogens (tertiary/aromatic N) is 2. The Morgan fingerprint density at radius 2 is 1.64 bits per heavy atom. The van der Waals surface area contributed by atoms with Crippen LogP contribution < -0.4 is 0 Å². The van der Waals surface area contributed by atoms with Crippen LogP contribution in [0, 0.1) is 0 Å². The first-order valence-corrected chi connectivity index (χ1v) is 11.3. The molecule has 6 heteroatoms. The summed E-state index contributed by atoms with van der Waals surface area (Å²) in [5.74, 6) is 0. The van der Waals surface area contributed by atoms with Crippen molar-refractivity contribution in [3.8, 4) is 0 Å². The van der Waals surface area contributed by atoms with Crippen LogP contribution in [0.4, 0.5) is 0 Å². The normalized spacial score (nSPS) is 23.1. The van der Waals surface area contributed by atoms with Crippen molar-refractivity contribution >= 4 is 21.5 Å². The highest BCUT2D eigenvalue weighted by Crippen LogP contribution is 2.40. The van der Waals surface area contributed by atoms with Crippen LogP contribution in [0.2, 0.25) is 0 Å². The highest BCUT2D eigenvalue weighted by molar-refractivity contribution is 7.86. The molecule has 0 N–H and O–H groups in total. The summed E-state index contributed by atoms with van der Waals surface area (Å²) in [5.41, 5.74) is 2.21. The molecular formula is C19H24N2O2S2. The fourth-order valence-corrected chi connectivity index (χ4v) is 6.69. The maximum atomic E-state index is 13.5. The molecule has 4 nitrogen and oxygen atoms in total. The summed E-state index contributed by atoms with van der Waals surface area (Å²) < 4.78 is 30.4. The van der Waals surface area contributed by atoms with Gasteiger partial charge in [0.2, 0.25) is 0 Å². The number of rotatable bonds is 3. The minimum atomic E-state index is -3.46. The monoisotopic (exact) mass is 376 g/mol. The lowest BCUT2D eigenvalue weighted by Crippen LogP contribution is -2.48. The number of benzene rings is 1. The van der Waals surface area contributed by atoms with Gasteiger partial charge in [-0.15, -0.1) is 11.3 Å². The lowest BCUT2D eigenvalue weighted by Gasteiger charge is -2.38. The minimum absolute atomic E-state index is 0.204. The van der Waals surface area contributed by atoms with Gasteiger partial charge in [-0.2, -0.15) is 17.0 Å². The molecule has 0 bridgehead atoms. The van der Waals surface area contributed by atoms with Gasteiger partial charge in [0.15, 0.2) is 0 Å². The van der Waals surface area contributed by atoms with Crippen molar-refractivity contribution in [1.82, 2.24) is 8.61 Å². The predicted octanol–water partition coefficient (Wildman–Crippen LogP) is 3.82. The van der Waals surface area contributed by atoms with Gasteiger partial charge >= 0.3 is 0 Å². The Kier molecular flexibility index (Phi) is 4.95. The van der Waals surface area contributed by atoms with Crippen LogP contribution in [0.3, 0.4) is 0 Å². The van der Waals surface area contributed by atoms with E-state index in [9.17, 15) is 8.42 Å². The average molecular weight is 377 g/mol. The Labute approximate surface area is 154 Å². The molecule has 4 rings (SSSR count). The van der Waals surface area contributed by atoms with E-state index >= 15 is 0 Å². The van der Waals surface area contributed by atoms with Crippen molar-refractivity contribution in [1.29, 1.82) is 0 Å². The Bertz CT molecular complexity index is 809. The molecule has 0 aliphatic carbocycles. The quantitative estimate of drug-likeness (QED) is 0.817. The second-order valence-electron chi connectivity index (χ2n) is 6.79. The second kappa shape index (κ2) is 7.19. The molecule has 0 amide bonds. The van der Waals surface area contributed by atoms with Gasteiger partial charge in [-0.05, 0) is 41.8 Å². The van der Waals surface area contributed by atoms with Crippen LogP contribution >= 0.6 is 11.3 Å². The molecule has 134 valence electrons. The van der Waals surface area contributed by atoms with Gasteiger partial charge in [0.1, 0.15) is 0 Å². The summed E-state index contributed by atoms with van der Waals surface area (Å²) in [6, 6.07) is 11.9. The molecule has 0 radical (unpaired) electrons. The molecule has 2 aliphatic rings. The van der Waals surface area contributed by atoms with Crippen molar-refractivity contribution in [2.45, 2.75) is 38.1 Å². The van der Waals surface area contributed by atoms with Crippen LogP contribution in [0.5, 0.6) is 0 Å². The van der Waals surface area contributed by atoms with Crippen LogP contribution in [0.15, 0.2) is 41.8 Å². The molecule has 1 aromatic heterocycles. The largest absolute Gasteiger partial charge is 0.282 e. The van der Waals surface area contributed by atoms with E-state index in [1.807, 2.05) is 30.3 Å². The van der Waals surface area contributed by atoms with E-state index in [1.165, 1.54) is 4.88 Å². The number of hydrogen-bond donors (Lipinski definition) is 0. The van der Waals surface area contributed by atoms with Crippen LogP contribution in [-0.2, 0) is 16.6 Å². The lowest BCUT2D eigenvalue weighted by molar-refractivity contribution is 0.301. The SMILES string of the molecule is O=S(=O)(N1CCCCCC1)N1CCc2sccc2[C@H]1c1ccccc1. The first-order valence-electron chi connectivity index (χ1n) is 9.06. The van der Waals surface area contributed by atoms with Gasteiger partial charge in [-0.1, -0.05) is 43.2 Å². The van der Waals surface area contributed by atoms with Gasteiger partial charge in [-0.25, -0.2) is 0 Å². The third kappa shape index (κ3) is 3.28. The number of hydrogen-bond acceptors (Lipinski definition) is 3. The van der Waals surface area contributed by atoms with E-state index < -0.39 is 10.2 Å². The van der Waals surface area contributed by atoms with E-state index in [-0.39, 0.29) is 6.04 Å². The van der Waals surface area contributed by atoms with Crippen LogP contribution in [0.25, 0.3) is 0 Å². The smallest absolute Gasteiger partial charge is 0.195 e. The topological polar surface area (TPSA) is 40.6 Å². The fraction of sp³-hybridized carbons (Fsp3) is 0.474. The molecular weight excluding hydrogens is 352 g/mol. The Morgan fingerprint density at radius 3 is 2.36 bits per heavy atom. The van der Waals surface area contributed by atoms with Gasteiger partial charge < -0.3 is 0 Å². The van der Waals surface area contributed by atoms with Crippen LogP contribution in [0.1, 0.15) is 47.7 Å². The zero-order valence-electron chi connectivity index (χ0n) is 14.3. The maximum Gasteiger partial charge on any atom is 0.282 e. The zero-order valence-corrected chi connectivity index (χ0v) is 15.9. The molecule has 2 aliphatic heterocycles. The van der Waals surface area contributed by atoms with E-state index in [0.29, 0.717) is 19.6 Å². The molecule has 25 heavy (non-hydrogen) atoms. The van der Waals surface area contributed by atoms with Crippen molar-refractivity contribution in [3.63, 3.8) is 0 Å². The van der Waals surface area contributed by atoms with E-state index in [2.05, 4.69) is 11.4 Å². The Balaban J connectivity index is 1.74. The van der Waals surface area contributed by atoms with E-state index in [0.717, 1.165) is 43.2 Å². The molecule has 1 fully saturated rings. The number of thiophene rings is 1. The third-order valence-corrected chi connectivity index (χ3v) is 8.23. The van der Waals surface area contributed by atoms with Crippen molar-refractivity contribution in [2.75, 3.05) is 19.6 Å². The summed E-state index contributed by atoms with van der Waals surface area (Å²) in [7, 11) is -3.46. The predicted molar refractivity (Wildman–Crippen MR) is 102 cm³/mol. The van der Waals surface area contributed by atoms with Crippen molar-refractivity contribution < 1.29 is 8.42 Å². The second-order valence-corrected chi connectivity index (χ2v) is 9.68. The fourth-order valence-electron chi connectivity index (χ4n) is 3.94. The summed E-state index contributed by atoms with van der Waals surface area (Å²) in [4.78, 5) is 1.32. The highest BCUT2D eigenvalue weighted by Gasteiger charge is 2.40. The standard InChI is InChI=1S/C19H24N2O2S2/c22-25(23,20-12-6-1-2-7-13-20)21-14-10-18-17(11-15-24-18)19(21)16-8-4-3-5-9-16/h3-5,8-9,11,15,19H,1-2,6-7,10,12-14H2/t19-/m1/s1. The zero-order chi connectivity index (χ0) is 17.3. The number of fused-ring (bicyclic) bond motifs is 1. The molecule has 2 aromatic rings. The van der Waals surface area contributed by atoms with E-state index in [4.69, 9.17) is 0 Å². The van der Waals surface area contributed by atoms with Crippen molar-refractivity contribution in [2.24, 2.45) is 0 Å². The summed E-state index contributed by atoms with van der Waals surface area (Å²) in [5, 5.41) is 2.09. The highest BCUT2D eigenvalue weighted by atomic mass is 32.2. The lowest BCUT2D eigenvalue weighted by atomic mass is 9.95. The summed E-state index contributed by atoms with van der Waals surface area (Å²) in [6.07, 6.45) is 4.99. The summed E-state index contributed by atoms with van der Waals surface area (Å²) in [6.45, 7) is 1.86. The molecule has 0 spiro atoms. The van der Waals surface area contributed by atoms with Gasteiger partial charge in [0, 0.05) is 24.5 Å². The first kappa shape index (κ1) is 17.2. The molecule has 3 heterocycles. The first-order chi connectivity index (χ1) is 12.2. The Hall–Kier alpha value is -1.21. The molecule has 1 atom stereocenters. The Morgan fingerprint density at radius 1 is 0.920 bits per heavy atom. The average Bonchev–Trinajstić information content (AvgIpc) is 2.93. The third-order valence-electron chi connectivity index (χ3n) is 5.22. The maximum absolute atomic E-state index is 13.5. The van der Waals surface area contributed by atoms with E-state index in [1.54, 1.807) is 19.9 Å². The van der Waals surface area contributed by atoms with Gasteiger partial charge in [0.05, 0.1) is 6.04 Å². The minimum Gasteiger partial charge on any atom is -0.195 e. The molecule has 0 unspecified atom stereocenters. The molecule has 0 saturated carbocycles. The molecule has 1 saturated heterocycles. The van der Waals surface area contributed by atoms with Crippen molar-refractivity contribution in [3.05, 3.63) is 57.8 Å². The van der Waals surface area contributed by atoms with Crippen LogP contribution in [-0.4, -0.2) is 36.7 Å². The van der Waals surface area contributed by atoms with Gasteiger partial charge in [-0.3, -0.25) is 0 Å². The molecule has 1 aromatic carbocycles. The van der Waals surface area contributed by atoms with Gasteiger partial charge in [0.25, 0.3) is 10.2 Å². The summed E-state index contributed by atoms with van der Waals surface area (Å²) >= 11 is 1.74.